The maximum atomic E-state index is 13.6. The molecule has 1 aliphatic rings. The molecule has 1 saturated carbocycles. The van der Waals surface area contributed by atoms with Gasteiger partial charge in [-0.3, -0.25) is 4.79 Å². The lowest BCUT2D eigenvalue weighted by Crippen LogP contribution is -2.47. The number of benzene rings is 1. The summed E-state index contributed by atoms with van der Waals surface area (Å²) in [5.74, 6) is -0.579. The number of aromatic nitrogens is 2. The number of carbonyl (C=O) groups is 1. The van der Waals surface area contributed by atoms with E-state index in [1.165, 1.54) is 6.07 Å². The summed E-state index contributed by atoms with van der Waals surface area (Å²) in [5, 5.41) is 3.74. The minimum absolute atomic E-state index is 0.139. The van der Waals surface area contributed by atoms with Crippen molar-refractivity contribution in [1.82, 2.24) is 10.1 Å². The van der Waals surface area contributed by atoms with Gasteiger partial charge in [0.05, 0.1) is 5.56 Å². The summed E-state index contributed by atoms with van der Waals surface area (Å²) in [5.41, 5.74) is 4.78. The summed E-state index contributed by atoms with van der Waals surface area (Å²) in [4.78, 5) is 15.7. The largest absolute Gasteiger partial charge is 0.369 e. The van der Waals surface area contributed by atoms with Gasteiger partial charge in [-0.2, -0.15) is 4.98 Å². The van der Waals surface area contributed by atoms with Gasteiger partial charge in [0.2, 0.25) is 17.6 Å². The molecule has 0 spiro atoms. The maximum Gasteiger partial charge on any atom is 0.242 e. The first-order valence-electron chi connectivity index (χ1n) is 6.02. The Balaban J connectivity index is 2.01. The molecule has 2 N–H and O–H groups in total. The number of amides is 1. The molecule has 1 aliphatic carbocycles. The fraction of sp³-hybridized carbons (Fsp3) is 0.308. The SMILES string of the molecule is NC(=O)C1(c2nc(-c3ccccc3F)no2)CCC1. The van der Waals surface area contributed by atoms with Gasteiger partial charge in [-0.1, -0.05) is 23.7 Å². The summed E-state index contributed by atoms with van der Waals surface area (Å²) in [6.07, 6.45) is 2.09. The van der Waals surface area contributed by atoms with Gasteiger partial charge in [0.15, 0.2) is 0 Å². The van der Waals surface area contributed by atoms with Crippen LogP contribution in [0, 0.1) is 5.82 Å². The molecule has 5 nitrogen and oxygen atoms in total. The fourth-order valence-electron chi connectivity index (χ4n) is 2.27. The summed E-state index contributed by atoms with van der Waals surface area (Å²) < 4.78 is 18.7. The summed E-state index contributed by atoms with van der Waals surface area (Å²) in [7, 11) is 0. The van der Waals surface area contributed by atoms with E-state index >= 15 is 0 Å². The number of nitrogens with zero attached hydrogens (tertiary/aromatic N) is 2. The molecule has 1 fully saturated rings. The molecule has 0 atom stereocenters. The maximum absolute atomic E-state index is 13.6. The molecular formula is C13H12FN3O2. The van der Waals surface area contributed by atoms with E-state index in [0.29, 0.717) is 12.8 Å². The zero-order valence-corrected chi connectivity index (χ0v) is 10.1. The van der Waals surface area contributed by atoms with Crippen LogP contribution in [0.25, 0.3) is 11.4 Å². The minimum Gasteiger partial charge on any atom is -0.369 e. The van der Waals surface area contributed by atoms with E-state index in [1.54, 1.807) is 18.2 Å². The monoisotopic (exact) mass is 261 g/mol. The van der Waals surface area contributed by atoms with Gasteiger partial charge in [0.1, 0.15) is 11.2 Å². The molecule has 98 valence electrons. The van der Waals surface area contributed by atoms with Crippen molar-refractivity contribution in [2.45, 2.75) is 24.7 Å². The number of rotatable bonds is 3. The van der Waals surface area contributed by atoms with Gasteiger partial charge >= 0.3 is 0 Å². The van der Waals surface area contributed by atoms with Crippen molar-refractivity contribution in [2.75, 3.05) is 0 Å². The Morgan fingerprint density at radius 1 is 1.37 bits per heavy atom. The average Bonchev–Trinajstić information content (AvgIpc) is 2.77. The number of halogens is 1. The van der Waals surface area contributed by atoms with Crippen LogP contribution in [-0.2, 0) is 10.2 Å². The average molecular weight is 261 g/mol. The first-order chi connectivity index (χ1) is 9.13. The van der Waals surface area contributed by atoms with E-state index in [2.05, 4.69) is 10.1 Å². The number of carbonyl (C=O) groups excluding carboxylic acids is 1. The third-order valence-electron chi connectivity index (χ3n) is 3.63. The van der Waals surface area contributed by atoms with Gasteiger partial charge in [-0.25, -0.2) is 4.39 Å². The van der Waals surface area contributed by atoms with Crippen LogP contribution >= 0.6 is 0 Å². The normalized spacial score (nSPS) is 16.9. The quantitative estimate of drug-likeness (QED) is 0.913. The second-order valence-corrected chi connectivity index (χ2v) is 4.70. The van der Waals surface area contributed by atoms with E-state index in [9.17, 15) is 9.18 Å². The van der Waals surface area contributed by atoms with Crippen LogP contribution in [0.4, 0.5) is 4.39 Å². The third kappa shape index (κ3) is 1.71. The second-order valence-electron chi connectivity index (χ2n) is 4.70. The highest BCUT2D eigenvalue weighted by Crippen LogP contribution is 2.43. The first-order valence-corrected chi connectivity index (χ1v) is 6.02. The Hall–Kier alpha value is -2.24. The smallest absolute Gasteiger partial charge is 0.242 e. The number of nitrogens with two attached hydrogens (primary N) is 1. The molecule has 6 heteroatoms. The molecule has 0 radical (unpaired) electrons. The van der Waals surface area contributed by atoms with Gasteiger partial charge in [0.25, 0.3) is 0 Å². The van der Waals surface area contributed by atoms with Crippen LogP contribution in [0.3, 0.4) is 0 Å². The fourth-order valence-corrected chi connectivity index (χ4v) is 2.27. The van der Waals surface area contributed by atoms with Gasteiger partial charge < -0.3 is 10.3 Å². The number of primary amides is 1. The highest BCUT2D eigenvalue weighted by Gasteiger charge is 2.49. The van der Waals surface area contributed by atoms with Crippen molar-refractivity contribution in [2.24, 2.45) is 5.73 Å². The Bertz CT molecular complexity index is 634. The molecule has 1 heterocycles. The summed E-state index contributed by atoms with van der Waals surface area (Å²) >= 11 is 0. The highest BCUT2D eigenvalue weighted by atomic mass is 19.1. The molecule has 0 bridgehead atoms. The van der Waals surface area contributed by atoms with Crippen molar-refractivity contribution >= 4 is 5.91 Å². The standard InChI is InChI=1S/C13H12FN3O2/c14-9-5-2-1-4-8(9)10-16-12(19-17-10)13(11(15)18)6-3-7-13/h1-2,4-5H,3,6-7H2,(H2,15,18). The Morgan fingerprint density at radius 3 is 2.68 bits per heavy atom. The van der Waals surface area contributed by atoms with Crippen molar-refractivity contribution < 1.29 is 13.7 Å². The van der Waals surface area contributed by atoms with Crippen LogP contribution in [0.1, 0.15) is 25.2 Å². The van der Waals surface area contributed by atoms with Gasteiger partial charge in [-0.05, 0) is 25.0 Å². The van der Waals surface area contributed by atoms with E-state index in [0.717, 1.165) is 6.42 Å². The molecule has 0 unspecified atom stereocenters. The first kappa shape index (κ1) is 11.8. The Kier molecular flexibility index (Phi) is 2.58. The van der Waals surface area contributed by atoms with E-state index in [1.807, 2.05) is 0 Å². The lowest BCUT2D eigenvalue weighted by Gasteiger charge is -2.34. The number of hydrogen-bond acceptors (Lipinski definition) is 4. The van der Waals surface area contributed by atoms with Crippen LogP contribution in [-0.4, -0.2) is 16.0 Å². The molecule has 3 rings (SSSR count). The van der Waals surface area contributed by atoms with Crippen molar-refractivity contribution in [3.05, 3.63) is 36.0 Å². The topological polar surface area (TPSA) is 82.0 Å². The predicted octanol–water partition coefficient (Wildman–Crippen LogP) is 1.78. The Morgan fingerprint density at radius 2 is 2.11 bits per heavy atom. The number of hydrogen-bond donors (Lipinski definition) is 1. The zero-order valence-electron chi connectivity index (χ0n) is 10.1. The predicted molar refractivity (Wildman–Crippen MR) is 64.4 cm³/mol. The van der Waals surface area contributed by atoms with Crippen molar-refractivity contribution in [3.63, 3.8) is 0 Å². The molecule has 1 aromatic heterocycles. The van der Waals surface area contributed by atoms with Crippen LogP contribution in [0.15, 0.2) is 28.8 Å². The van der Waals surface area contributed by atoms with E-state index < -0.39 is 17.1 Å². The van der Waals surface area contributed by atoms with Crippen LogP contribution < -0.4 is 5.73 Å². The molecular weight excluding hydrogens is 249 g/mol. The molecule has 1 aromatic carbocycles. The van der Waals surface area contributed by atoms with E-state index in [4.69, 9.17) is 10.3 Å². The van der Waals surface area contributed by atoms with Crippen LogP contribution in [0.2, 0.25) is 0 Å². The molecule has 19 heavy (non-hydrogen) atoms. The van der Waals surface area contributed by atoms with Crippen molar-refractivity contribution in [1.29, 1.82) is 0 Å². The van der Waals surface area contributed by atoms with Crippen LogP contribution in [0.5, 0.6) is 0 Å². The van der Waals surface area contributed by atoms with E-state index in [-0.39, 0.29) is 17.3 Å². The Labute approximate surface area is 108 Å². The van der Waals surface area contributed by atoms with Crippen molar-refractivity contribution in [3.8, 4) is 11.4 Å². The van der Waals surface area contributed by atoms with Gasteiger partial charge in [-0.15, -0.1) is 0 Å². The molecule has 1 amide bonds. The summed E-state index contributed by atoms with van der Waals surface area (Å²) in [6.45, 7) is 0. The minimum atomic E-state index is -0.865. The zero-order chi connectivity index (χ0) is 13.5. The molecule has 0 saturated heterocycles. The molecule has 0 aliphatic heterocycles. The highest BCUT2D eigenvalue weighted by molar-refractivity contribution is 5.86. The lowest BCUT2D eigenvalue weighted by molar-refractivity contribution is -0.127. The second kappa shape index (κ2) is 4.15. The lowest BCUT2D eigenvalue weighted by atomic mass is 9.68. The van der Waals surface area contributed by atoms with Gasteiger partial charge in [0, 0.05) is 0 Å². The summed E-state index contributed by atoms with van der Waals surface area (Å²) in [6, 6.07) is 6.14. The molecule has 2 aromatic rings. The third-order valence-corrected chi connectivity index (χ3v) is 3.63.